The van der Waals surface area contributed by atoms with Gasteiger partial charge in [0, 0.05) is 0 Å². The van der Waals surface area contributed by atoms with E-state index in [1.54, 1.807) is 6.45 Å². The van der Waals surface area contributed by atoms with Gasteiger partial charge < -0.3 is 24.8 Å². The summed E-state index contributed by atoms with van der Waals surface area (Å²) in [6.45, 7) is 9.22. The van der Waals surface area contributed by atoms with Crippen molar-refractivity contribution >= 4 is 31.5 Å². The molecule has 0 fully saturated rings. The molecule has 0 bridgehead atoms. The Morgan fingerprint density at radius 3 is 2.26 bits per heavy atom. The van der Waals surface area contributed by atoms with Crippen molar-refractivity contribution in [2.75, 3.05) is 0 Å². The zero-order chi connectivity index (χ0) is 20.0. The van der Waals surface area contributed by atoms with Gasteiger partial charge in [-0.2, -0.15) is 0 Å². The summed E-state index contributed by atoms with van der Waals surface area (Å²) >= 11 is -0.717. The maximum atomic E-state index is 2.50. The van der Waals surface area contributed by atoms with Gasteiger partial charge in [0.15, 0.2) is 0 Å². The minimum atomic E-state index is -0.717. The van der Waals surface area contributed by atoms with Crippen LogP contribution in [0, 0.1) is 20.8 Å². The smallest absolute Gasteiger partial charge is 1.00 e. The number of hydrogen-bond donors (Lipinski definition) is 0. The molecule has 0 saturated heterocycles. The van der Waals surface area contributed by atoms with E-state index in [1.165, 1.54) is 49.3 Å². The molecule has 0 atom stereocenters. The fraction of sp³-hybridized carbons (Fsp3) is 0.148. The molecule has 0 nitrogen and oxygen atoms in total. The average molecular weight is 520 g/mol. The molecule has 1 heterocycles. The molecule has 0 amide bonds. The number of halogens is 2. The molecule has 1 aliphatic carbocycles. The molecule has 0 radical (unpaired) electrons. The maximum absolute atomic E-state index is 2.50. The van der Waals surface area contributed by atoms with Crippen LogP contribution in [-0.2, 0) is 23.2 Å². The number of allylic oxidation sites excluding steroid dienone is 4. The van der Waals surface area contributed by atoms with Crippen LogP contribution in [0.4, 0.5) is 0 Å². The summed E-state index contributed by atoms with van der Waals surface area (Å²) < 4.78 is 3.23. The molecular formula is C27H23BCl2Zr. The third kappa shape index (κ3) is 4.68. The molecule has 0 spiro atoms. The second-order valence-electron chi connectivity index (χ2n) is 8.13. The third-order valence-corrected chi connectivity index (χ3v) is 9.04. The van der Waals surface area contributed by atoms with Crippen molar-refractivity contribution in [3.63, 3.8) is 0 Å². The first-order chi connectivity index (χ1) is 14.1. The Bertz CT molecular complexity index is 1320. The van der Waals surface area contributed by atoms with Crippen LogP contribution in [0.2, 0.25) is 0 Å². The number of aryl methyl sites for hydroxylation is 3. The van der Waals surface area contributed by atoms with E-state index in [2.05, 4.69) is 101 Å². The normalized spacial score (nSPS) is 12.2. The van der Waals surface area contributed by atoms with Crippen molar-refractivity contribution in [3.8, 4) is 11.1 Å². The van der Waals surface area contributed by atoms with E-state index in [4.69, 9.17) is 0 Å². The van der Waals surface area contributed by atoms with Crippen molar-refractivity contribution < 1.29 is 48.0 Å². The maximum Gasteiger partial charge on any atom is -1.00 e. The molecule has 4 aromatic rings. The van der Waals surface area contributed by atoms with Gasteiger partial charge in [0.1, 0.15) is 0 Å². The van der Waals surface area contributed by atoms with E-state index < -0.39 is 23.2 Å². The van der Waals surface area contributed by atoms with Gasteiger partial charge >= 0.3 is 186 Å². The van der Waals surface area contributed by atoms with Crippen molar-refractivity contribution in [1.82, 2.24) is 0 Å². The van der Waals surface area contributed by atoms with Gasteiger partial charge in [0.25, 0.3) is 0 Å². The van der Waals surface area contributed by atoms with Gasteiger partial charge in [-0.05, 0) is 0 Å². The van der Waals surface area contributed by atoms with E-state index in [1.807, 2.05) is 0 Å². The van der Waals surface area contributed by atoms with Crippen LogP contribution in [0.1, 0.15) is 23.1 Å². The van der Waals surface area contributed by atoms with Crippen LogP contribution in [0.15, 0.2) is 76.1 Å². The standard InChI is InChI=1S/C22H18B.C5H5.2ClH.Zr/c1-14-11-15(2)20(16(3)12-14)21-19-9-5-4-7-17(19)13-18-8-6-10-23-22(18)21;1-2-4-5-3-1;;;/h4-9,11-13H,1-3H3;1-3H,4H2;2*1H;/q;;;;+2/p-2. The second kappa shape index (κ2) is 9.99. The SMILES string of the molecule is Cc1cc(C)c(-c2c3b[c]([Zr+2][C]4=CC=CC4)ccc3cc3ccccc23)c(C)c1.[Cl-].[Cl-]. The van der Waals surface area contributed by atoms with Crippen LogP contribution >= 0.6 is 0 Å². The van der Waals surface area contributed by atoms with Crippen molar-refractivity contribution in [1.29, 1.82) is 0 Å². The van der Waals surface area contributed by atoms with Gasteiger partial charge in [0.05, 0.1) is 0 Å². The quantitative estimate of drug-likeness (QED) is 0.345. The molecular weight excluding hydrogens is 497 g/mol. The summed E-state index contributed by atoms with van der Waals surface area (Å²) in [6.07, 6.45) is 8.00. The Balaban J connectivity index is 0.00000136. The van der Waals surface area contributed by atoms with Gasteiger partial charge in [0.2, 0.25) is 0 Å². The van der Waals surface area contributed by atoms with Crippen molar-refractivity contribution in [2.45, 2.75) is 27.2 Å². The van der Waals surface area contributed by atoms with E-state index in [-0.39, 0.29) is 24.8 Å². The third-order valence-electron chi connectivity index (χ3n) is 5.87. The summed E-state index contributed by atoms with van der Waals surface area (Å²) in [5.41, 5.74) is 6.89. The summed E-state index contributed by atoms with van der Waals surface area (Å²) in [5.74, 6) is 0. The monoisotopic (exact) mass is 518 g/mol. The molecule has 3 aromatic carbocycles. The van der Waals surface area contributed by atoms with Crippen LogP contribution < -0.4 is 28.0 Å². The first-order valence-electron chi connectivity index (χ1n) is 10.3. The fourth-order valence-corrected chi connectivity index (χ4v) is 7.54. The zero-order valence-electron chi connectivity index (χ0n) is 18.0. The molecule has 1 aromatic heterocycles. The van der Waals surface area contributed by atoms with Crippen molar-refractivity contribution in [3.05, 3.63) is 92.8 Å². The zero-order valence-corrected chi connectivity index (χ0v) is 21.9. The van der Waals surface area contributed by atoms with Gasteiger partial charge in [-0.1, -0.05) is 0 Å². The molecule has 5 rings (SSSR count). The van der Waals surface area contributed by atoms with Crippen LogP contribution in [0.25, 0.3) is 32.6 Å². The second-order valence-corrected chi connectivity index (χ2v) is 11.7. The summed E-state index contributed by atoms with van der Waals surface area (Å²) in [4.78, 5) is 0. The Kier molecular flexibility index (Phi) is 7.80. The minimum absolute atomic E-state index is 0. The van der Waals surface area contributed by atoms with Crippen LogP contribution in [0.3, 0.4) is 0 Å². The molecule has 152 valence electrons. The predicted molar refractivity (Wildman–Crippen MR) is 124 cm³/mol. The Labute approximate surface area is 209 Å². The topological polar surface area (TPSA) is 0 Å². The van der Waals surface area contributed by atoms with E-state index in [9.17, 15) is 0 Å². The van der Waals surface area contributed by atoms with E-state index >= 15 is 0 Å². The summed E-state index contributed by atoms with van der Waals surface area (Å²) in [6, 6.07) is 20.6. The number of benzene rings is 3. The molecule has 0 aliphatic heterocycles. The average Bonchev–Trinajstić information content (AvgIpc) is 3.20. The first kappa shape index (κ1) is 24.2. The molecule has 0 N–H and O–H groups in total. The molecule has 31 heavy (non-hydrogen) atoms. The largest absolute Gasteiger partial charge is 1.00 e. The number of hydrogen-bond acceptors (Lipinski definition) is 0. The van der Waals surface area contributed by atoms with E-state index in [0.29, 0.717) is 0 Å². The van der Waals surface area contributed by atoms with Crippen LogP contribution in [0.5, 0.6) is 0 Å². The molecule has 0 saturated carbocycles. The minimum Gasteiger partial charge on any atom is -1.00 e. The molecule has 1 aliphatic rings. The molecule has 4 heteroatoms. The first-order valence-corrected chi connectivity index (χ1v) is 12.7. The summed E-state index contributed by atoms with van der Waals surface area (Å²) in [5, 5.41) is 5.44. The number of fused-ring (bicyclic) bond motifs is 2. The Hall–Kier alpha value is -1.46. The van der Waals surface area contributed by atoms with Gasteiger partial charge in [-0.3, -0.25) is 0 Å². The van der Waals surface area contributed by atoms with Crippen molar-refractivity contribution in [2.24, 2.45) is 0 Å². The van der Waals surface area contributed by atoms with Gasteiger partial charge in [-0.25, -0.2) is 0 Å². The number of rotatable bonds is 3. The Morgan fingerprint density at radius 2 is 1.55 bits per heavy atom. The predicted octanol–water partition coefficient (Wildman–Crippen LogP) is 0.483. The van der Waals surface area contributed by atoms with Crippen LogP contribution in [-0.4, -0.2) is 6.91 Å². The van der Waals surface area contributed by atoms with E-state index in [0.717, 1.165) is 6.42 Å². The summed E-state index contributed by atoms with van der Waals surface area (Å²) in [7, 11) is 0. The fourth-order valence-electron chi connectivity index (χ4n) is 4.71. The Morgan fingerprint density at radius 1 is 0.806 bits per heavy atom. The van der Waals surface area contributed by atoms with Gasteiger partial charge in [-0.15, -0.1) is 0 Å². The molecule has 0 unspecified atom stereocenters.